The minimum absolute atomic E-state index is 0.0833. The molecule has 0 radical (unpaired) electrons. The molecule has 0 fully saturated rings. The summed E-state index contributed by atoms with van der Waals surface area (Å²) >= 11 is 0. The van der Waals surface area contributed by atoms with Crippen molar-refractivity contribution in [1.82, 2.24) is 0 Å². The third-order valence-electron chi connectivity index (χ3n) is 6.37. The molecule has 0 aromatic carbocycles. The van der Waals surface area contributed by atoms with E-state index in [1.165, 1.54) is 0 Å². The molecular formula is C18H36N2O6. The molecule has 0 heterocycles. The second kappa shape index (κ2) is 10.2. The third-order valence-corrected chi connectivity index (χ3v) is 6.37. The fourth-order valence-corrected chi connectivity index (χ4v) is 5.06. The number of aliphatic hydroxyl groups excluding tert-OH is 4. The summed E-state index contributed by atoms with van der Waals surface area (Å²) in [6.45, 7) is 5.28. The van der Waals surface area contributed by atoms with E-state index in [0.717, 1.165) is 0 Å². The fraction of sp³-hybridized carbons (Fsp3) is 0.889. The zero-order chi connectivity index (χ0) is 20.7. The molecule has 4 unspecified atom stereocenters. The molecule has 0 saturated heterocycles. The number of carbonyl (C=O) groups is 2. The van der Waals surface area contributed by atoms with Crippen LogP contribution in [-0.4, -0.2) is 58.7 Å². The first-order valence-electron chi connectivity index (χ1n) is 9.05. The van der Waals surface area contributed by atoms with Crippen molar-refractivity contribution in [1.29, 1.82) is 0 Å². The van der Waals surface area contributed by atoms with Crippen LogP contribution in [0.4, 0.5) is 0 Å². The molecule has 0 aliphatic heterocycles. The van der Waals surface area contributed by atoms with E-state index in [4.69, 9.17) is 11.5 Å². The maximum atomic E-state index is 12.9. The van der Waals surface area contributed by atoms with Crippen LogP contribution < -0.4 is 11.5 Å². The van der Waals surface area contributed by atoms with Crippen LogP contribution in [0.1, 0.15) is 40.5 Å². The molecule has 8 nitrogen and oxygen atoms in total. The monoisotopic (exact) mass is 376 g/mol. The van der Waals surface area contributed by atoms with Crippen LogP contribution in [0.15, 0.2) is 0 Å². The van der Waals surface area contributed by atoms with Crippen LogP contribution in [0.2, 0.25) is 0 Å². The first-order chi connectivity index (χ1) is 12.0. The lowest BCUT2D eigenvalue weighted by Crippen LogP contribution is -2.65. The molecule has 8 heteroatoms. The van der Waals surface area contributed by atoms with Crippen LogP contribution in [-0.2, 0) is 9.59 Å². The van der Waals surface area contributed by atoms with E-state index in [0.29, 0.717) is 0 Å². The van der Waals surface area contributed by atoms with Gasteiger partial charge in [-0.1, -0.05) is 27.7 Å². The number of hydrogen-bond acceptors (Lipinski definition) is 6. The highest BCUT2D eigenvalue weighted by atomic mass is 16.3. The molecule has 0 aliphatic carbocycles. The van der Waals surface area contributed by atoms with Gasteiger partial charge < -0.3 is 31.9 Å². The van der Waals surface area contributed by atoms with Crippen molar-refractivity contribution in [2.24, 2.45) is 46.0 Å². The van der Waals surface area contributed by atoms with Gasteiger partial charge in [0.15, 0.2) is 0 Å². The van der Waals surface area contributed by atoms with E-state index in [9.17, 15) is 30.0 Å². The van der Waals surface area contributed by atoms with E-state index < -0.39 is 46.3 Å². The molecular weight excluding hydrogens is 340 g/mol. The average Bonchev–Trinajstić information content (AvgIpc) is 2.62. The molecule has 0 rings (SSSR count). The van der Waals surface area contributed by atoms with Gasteiger partial charge in [0.2, 0.25) is 11.8 Å². The number of rotatable bonds is 13. The first kappa shape index (κ1) is 24.8. The Balaban J connectivity index is 7.02. The fourth-order valence-electron chi connectivity index (χ4n) is 5.06. The molecule has 0 spiro atoms. The number of nitrogens with two attached hydrogens (primary N) is 2. The normalized spacial score (nSPS) is 21.1. The Hall–Kier alpha value is -1.22. The minimum Gasteiger partial charge on any atom is -0.396 e. The van der Waals surface area contributed by atoms with Crippen molar-refractivity contribution in [2.75, 3.05) is 26.4 Å². The Bertz CT molecular complexity index is 451. The Kier molecular flexibility index (Phi) is 9.72. The number of carbonyl (C=O) groups excluding carboxylic acids is 2. The van der Waals surface area contributed by atoms with Gasteiger partial charge in [0, 0.05) is 32.8 Å². The number of hydrogen-bond donors (Lipinski definition) is 6. The Morgan fingerprint density at radius 3 is 1.35 bits per heavy atom. The van der Waals surface area contributed by atoms with Gasteiger partial charge in [0.25, 0.3) is 0 Å². The predicted molar refractivity (Wildman–Crippen MR) is 97.5 cm³/mol. The lowest BCUT2D eigenvalue weighted by atomic mass is 9.43. The molecule has 26 heavy (non-hydrogen) atoms. The molecule has 0 aliphatic rings. The summed E-state index contributed by atoms with van der Waals surface area (Å²) in [7, 11) is 0. The highest BCUT2D eigenvalue weighted by Gasteiger charge is 2.64. The predicted octanol–water partition coefficient (Wildman–Crippen LogP) is -0.776. The highest BCUT2D eigenvalue weighted by Crippen LogP contribution is 2.60. The molecule has 8 N–H and O–H groups in total. The lowest BCUT2D eigenvalue weighted by Gasteiger charge is -2.59. The Morgan fingerprint density at radius 1 is 0.769 bits per heavy atom. The van der Waals surface area contributed by atoms with E-state index in [2.05, 4.69) is 0 Å². The van der Waals surface area contributed by atoms with Crippen LogP contribution in [0, 0.1) is 34.5 Å². The summed E-state index contributed by atoms with van der Waals surface area (Å²) in [5.41, 5.74) is 8.56. The molecule has 0 bridgehead atoms. The van der Waals surface area contributed by atoms with E-state index in [1.807, 2.05) is 0 Å². The van der Waals surface area contributed by atoms with Crippen molar-refractivity contribution < 1.29 is 30.0 Å². The van der Waals surface area contributed by atoms with Crippen LogP contribution in [0.3, 0.4) is 0 Å². The molecule has 4 atom stereocenters. The molecule has 2 amide bonds. The number of amides is 2. The smallest absolute Gasteiger partial charge is 0.224 e. The number of primary amides is 2. The summed E-state index contributed by atoms with van der Waals surface area (Å²) < 4.78 is 0. The number of aliphatic hydroxyl groups is 4. The largest absolute Gasteiger partial charge is 0.396 e. The maximum Gasteiger partial charge on any atom is 0.224 e. The van der Waals surface area contributed by atoms with Gasteiger partial charge in [-0.2, -0.15) is 0 Å². The molecule has 0 aromatic heterocycles. The van der Waals surface area contributed by atoms with Crippen molar-refractivity contribution in [3.63, 3.8) is 0 Å². The van der Waals surface area contributed by atoms with Gasteiger partial charge in [-0.25, -0.2) is 0 Å². The summed E-state index contributed by atoms with van der Waals surface area (Å²) in [6, 6.07) is 0. The molecule has 0 aromatic rings. The van der Waals surface area contributed by atoms with Gasteiger partial charge in [-0.3, -0.25) is 9.59 Å². The van der Waals surface area contributed by atoms with Gasteiger partial charge >= 0.3 is 0 Å². The SMILES string of the molecule is CC(CO)C(CCC(N)=O)(C(C)CO)C(C(N)=O)(C(C)CO)C(C)CO. The molecule has 154 valence electrons. The van der Waals surface area contributed by atoms with Gasteiger partial charge in [0.05, 0.1) is 5.41 Å². The average molecular weight is 376 g/mol. The van der Waals surface area contributed by atoms with Crippen molar-refractivity contribution in [2.45, 2.75) is 40.5 Å². The van der Waals surface area contributed by atoms with Crippen molar-refractivity contribution >= 4 is 11.8 Å². The third kappa shape index (κ3) is 4.03. The second-order valence-electron chi connectivity index (χ2n) is 7.57. The standard InChI is InChI=1S/C18H36N2O6/c1-11(7-21)17(12(2)8-22,6-5-15(19)25)18(16(20)26,13(3)9-23)14(4)10-24/h11-14,21-24H,5-10H2,1-4H3,(H2,19,25)(H2,20,26). The summed E-state index contributed by atoms with van der Waals surface area (Å²) in [5.74, 6) is -3.81. The summed E-state index contributed by atoms with van der Waals surface area (Å²) in [5, 5.41) is 39.7. The highest BCUT2D eigenvalue weighted by molar-refractivity contribution is 5.83. The lowest BCUT2D eigenvalue weighted by molar-refractivity contribution is -0.184. The summed E-state index contributed by atoms with van der Waals surface area (Å²) in [6.07, 6.45) is 0.00339. The summed E-state index contributed by atoms with van der Waals surface area (Å²) in [4.78, 5) is 24.4. The topological polar surface area (TPSA) is 167 Å². The van der Waals surface area contributed by atoms with Gasteiger partial charge in [-0.05, 0) is 35.5 Å². The Morgan fingerprint density at radius 2 is 1.12 bits per heavy atom. The zero-order valence-corrected chi connectivity index (χ0v) is 16.3. The van der Waals surface area contributed by atoms with Crippen LogP contribution in [0.25, 0.3) is 0 Å². The van der Waals surface area contributed by atoms with E-state index in [1.54, 1.807) is 27.7 Å². The van der Waals surface area contributed by atoms with Gasteiger partial charge in [-0.15, -0.1) is 0 Å². The van der Waals surface area contributed by atoms with Crippen molar-refractivity contribution in [3.8, 4) is 0 Å². The first-order valence-corrected chi connectivity index (χ1v) is 9.05. The van der Waals surface area contributed by atoms with Crippen LogP contribution in [0.5, 0.6) is 0 Å². The Labute approximate surface area is 155 Å². The van der Waals surface area contributed by atoms with Crippen molar-refractivity contribution in [3.05, 3.63) is 0 Å². The molecule has 0 saturated carbocycles. The zero-order valence-electron chi connectivity index (χ0n) is 16.3. The van der Waals surface area contributed by atoms with E-state index in [-0.39, 0.29) is 39.3 Å². The van der Waals surface area contributed by atoms with Gasteiger partial charge in [0.1, 0.15) is 0 Å². The van der Waals surface area contributed by atoms with Crippen LogP contribution >= 0.6 is 0 Å². The minimum atomic E-state index is -1.48. The second-order valence-corrected chi connectivity index (χ2v) is 7.57. The van der Waals surface area contributed by atoms with E-state index >= 15 is 0 Å². The maximum absolute atomic E-state index is 12.9. The quantitative estimate of drug-likeness (QED) is 0.247.